The van der Waals surface area contributed by atoms with Gasteiger partial charge in [0.15, 0.2) is 0 Å². The van der Waals surface area contributed by atoms with Gasteiger partial charge in [-0.15, -0.1) is 0 Å². The fourth-order valence-electron chi connectivity index (χ4n) is 3.95. The second-order valence-electron chi connectivity index (χ2n) is 7.52. The zero-order chi connectivity index (χ0) is 19.3. The maximum absolute atomic E-state index is 10.5. The first-order valence-electron chi connectivity index (χ1n) is 10.0. The number of aryl methyl sites for hydroxylation is 1. The number of para-hydroxylation sites is 1. The summed E-state index contributed by atoms with van der Waals surface area (Å²) in [7, 11) is 0. The molecule has 4 nitrogen and oxygen atoms in total. The fraction of sp³-hybridized carbons (Fsp3) is 0.333. The highest BCUT2D eigenvalue weighted by atomic mass is 16.5. The molecule has 0 spiro atoms. The topological polar surface area (TPSA) is 35.9 Å². The van der Waals surface area contributed by atoms with Crippen molar-refractivity contribution in [1.82, 2.24) is 4.90 Å². The molecule has 0 aliphatic carbocycles. The zero-order valence-electron chi connectivity index (χ0n) is 16.4. The molecule has 1 aliphatic heterocycles. The van der Waals surface area contributed by atoms with Crippen LogP contribution >= 0.6 is 0 Å². The van der Waals surface area contributed by atoms with E-state index < -0.39 is 6.10 Å². The van der Waals surface area contributed by atoms with Crippen LogP contribution in [0.4, 0.5) is 5.69 Å². The predicted molar refractivity (Wildman–Crippen MR) is 115 cm³/mol. The van der Waals surface area contributed by atoms with Crippen LogP contribution in [0.25, 0.3) is 10.8 Å². The maximum atomic E-state index is 10.5. The summed E-state index contributed by atoms with van der Waals surface area (Å²) in [5.74, 6) is 0.835. The summed E-state index contributed by atoms with van der Waals surface area (Å²) >= 11 is 0. The van der Waals surface area contributed by atoms with Gasteiger partial charge in [-0.25, -0.2) is 0 Å². The van der Waals surface area contributed by atoms with Gasteiger partial charge in [0.05, 0.1) is 0 Å². The van der Waals surface area contributed by atoms with Gasteiger partial charge < -0.3 is 14.7 Å². The summed E-state index contributed by atoms with van der Waals surface area (Å²) in [5, 5.41) is 12.7. The Hall–Kier alpha value is -2.56. The summed E-state index contributed by atoms with van der Waals surface area (Å²) in [6, 6.07) is 22.8. The Morgan fingerprint density at radius 3 is 2.43 bits per heavy atom. The smallest absolute Gasteiger partial charge is 0.127 e. The van der Waals surface area contributed by atoms with Crippen molar-refractivity contribution in [3.05, 3.63) is 72.3 Å². The Morgan fingerprint density at radius 1 is 0.893 bits per heavy atom. The Bertz CT molecular complexity index is 914. The average Bonchev–Trinajstić information content (AvgIpc) is 2.73. The predicted octanol–water partition coefficient (Wildman–Crippen LogP) is 3.71. The van der Waals surface area contributed by atoms with Crippen LogP contribution in [0.15, 0.2) is 66.7 Å². The van der Waals surface area contributed by atoms with Crippen molar-refractivity contribution < 1.29 is 9.84 Å². The molecule has 146 valence electrons. The van der Waals surface area contributed by atoms with Crippen molar-refractivity contribution in [3.8, 4) is 5.75 Å². The van der Waals surface area contributed by atoms with Crippen LogP contribution in [-0.2, 0) is 0 Å². The van der Waals surface area contributed by atoms with Crippen LogP contribution in [-0.4, -0.2) is 55.4 Å². The molecule has 0 bridgehead atoms. The average molecular weight is 377 g/mol. The minimum absolute atomic E-state index is 0.312. The molecule has 3 aromatic carbocycles. The lowest BCUT2D eigenvalue weighted by Crippen LogP contribution is -2.49. The second-order valence-corrected chi connectivity index (χ2v) is 7.52. The van der Waals surface area contributed by atoms with Gasteiger partial charge in [-0.2, -0.15) is 0 Å². The van der Waals surface area contributed by atoms with Crippen LogP contribution in [0.5, 0.6) is 5.75 Å². The van der Waals surface area contributed by atoms with E-state index in [9.17, 15) is 5.11 Å². The van der Waals surface area contributed by atoms with Gasteiger partial charge in [-0.1, -0.05) is 54.6 Å². The molecule has 4 heteroatoms. The lowest BCUT2D eigenvalue weighted by Gasteiger charge is -2.37. The van der Waals surface area contributed by atoms with E-state index in [0.29, 0.717) is 13.2 Å². The summed E-state index contributed by atoms with van der Waals surface area (Å²) < 4.78 is 5.94. The molecule has 0 amide bonds. The fourth-order valence-corrected chi connectivity index (χ4v) is 3.95. The van der Waals surface area contributed by atoms with Crippen molar-refractivity contribution in [1.29, 1.82) is 0 Å². The molecule has 0 aromatic heterocycles. The zero-order valence-corrected chi connectivity index (χ0v) is 16.4. The summed E-state index contributed by atoms with van der Waals surface area (Å²) in [4.78, 5) is 4.76. The highest BCUT2D eigenvalue weighted by molar-refractivity contribution is 5.88. The Kier molecular flexibility index (Phi) is 5.79. The van der Waals surface area contributed by atoms with Crippen LogP contribution < -0.4 is 9.64 Å². The number of hydrogen-bond donors (Lipinski definition) is 1. The van der Waals surface area contributed by atoms with E-state index in [4.69, 9.17) is 4.74 Å². The number of anilines is 1. The molecular weight excluding hydrogens is 348 g/mol. The van der Waals surface area contributed by atoms with E-state index >= 15 is 0 Å². The number of benzene rings is 3. The molecule has 1 atom stereocenters. The Labute approximate surface area is 167 Å². The SMILES string of the molecule is Cc1ccccc1N1CCN(C[C@H](O)COc2cccc3ccccc23)CC1. The molecule has 28 heavy (non-hydrogen) atoms. The quantitative estimate of drug-likeness (QED) is 0.711. The standard InChI is InChI=1S/C24H28N2O2/c1-19-7-2-5-11-23(19)26-15-13-25(14-16-26)17-21(27)18-28-24-12-6-9-20-8-3-4-10-22(20)24/h2-12,21,27H,13-18H2,1H3/t21-/m0/s1. The summed E-state index contributed by atoms with van der Waals surface area (Å²) in [5.41, 5.74) is 2.64. The van der Waals surface area contributed by atoms with Crippen LogP contribution in [0, 0.1) is 6.92 Å². The normalized spacial score (nSPS) is 16.3. The number of β-amino-alcohol motifs (C(OH)–C–C–N with tert-alkyl or cyclic N) is 1. The first-order valence-corrected chi connectivity index (χ1v) is 10.0. The number of nitrogens with zero attached hydrogens (tertiary/aromatic N) is 2. The van der Waals surface area contributed by atoms with Gasteiger partial charge in [0, 0.05) is 43.8 Å². The lowest BCUT2D eigenvalue weighted by molar-refractivity contribution is 0.0668. The largest absolute Gasteiger partial charge is 0.490 e. The van der Waals surface area contributed by atoms with E-state index in [1.165, 1.54) is 11.3 Å². The third-order valence-corrected chi connectivity index (χ3v) is 5.48. The number of ether oxygens (including phenoxy) is 1. The van der Waals surface area contributed by atoms with E-state index in [0.717, 1.165) is 42.7 Å². The number of fused-ring (bicyclic) bond motifs is 1. The minimum atomic E-state index is -0.496. The van der Waals surface area contributed by atoms with Crippen LogP contribution in [0.3, 0.4) is 0 Å². The lowest BCUT2D eigenvalue weighted by atomic mass is 10.1. The highest BCUT2D eigenvalue weighted by Crippen LogP contribution is 2.25. The van der Waals surface area contributed by atoms with Crippen molar-refractivity contribution in [2.75, 3.05) is 44.2 Å². The first kappa shape index (κ1) is 18.8. The number of hydrogen-bond acceptors (Lipinski definition) is 4. The second kappa shape index (κ2) is 8.63. The maximum Gasteiger partial charge on any atom is 0.127 e. The molecule has 0 radical (unpaired) electrons. The highest BCUT2D eigenvalue weighted by Gasteiger charge is 2.20. The van der Waals surface area contributed by atoms with Gasteiger partial charge in [0.2, 0.25) is 0 Å². The van der Waals surface area contributed by atoms with Crippen molar-refractivity contribution in [2.24, 2.45) is 0 Å². The molecule has 1 heterocycles. The molecule has 0 saturated carbocycles. The molecular formula is C24H28N2O2. The number of aliphatic hydroxyl groups excluding tert-OH is 1. The van der Waals surface area contributed by atoms with Crippen molar-refractivity contribution in [3.63, 3.8) is 0 Å². The molecule has 4 rings (SSSR count). The molecule has 1 saturated heterocycles. The number of aliphatic hydroxyl groups is 1. The molecule has 3 aromatic rings. The van der Waals surface area contributed by atoms with Gasteiger partial charge in [-0.3, -0.25) is 4.90 Å². The monoisotopic (exact) mass is 376 g/mol. The first-order chi connectivity index (χ1) is 13.7. The molecule has 1 N–H and O–H groups in total. The summed E-state index contributed by atoms with van der Waals surface area (Å²) in [6.07, 6.45) is -0.496. The van der Waals surface area contributed by atoms with Gasteiger partial charge in [-0.05, 0) is 30.0 Å². The van der Waals surface area contributed by atoms with E-state index in [2.05, 4.69) is 59.2 Å². The number of piperazine rings is 1. The van der Waals surface area contributed by atoms with E-state index in [-0.39, 0.29) is 0 Å². The number of rotatable bonds is 6. The Balaban J connectivity index is 1.28. The molecule has 1 aliphatic rings. The Morgan fingerprint density at radius 2 is 1.61 bits per heavy atom. The van der Waals surface area contributed by atoms with Gasteiger partial charge in [0.25, 0.3) is 0 Å². The van der Waals surface area contributed by atoms with Crippen molar-refractivity contribution >= 4 is 16.5 Å². The van der Waals surface area contributed by atoms with E-state index in [1.807, 2.05) is 24.3 Å². The van der Waals surface area contributed by atoms with Crippen LogP contribution in [0.2, 0.25) is 0 Å². The molecule has 0 unspecified atom stereocenters. The third kappa shape index (κ3) is 4.29. The van der Waals surface area contributed by atoms with E-state index in [1.54, 1.807) is 0 Å². The van der Waals surface area contributed by atoms with Crippen LogP contribution in [0.1, 0.15) is 5.56 Å². The summed E-state index contributed by atoms with van der Waals surface area (Å²) in [6.45, 7) is 7.01. The van der Waals surface area contributed by atoms with Gasteiger partial charge >= 0.3 is 0 Å². The minimum Gasteiger partial charge on any atom is -0.490 e. The molecule has 1 fully saturated rings. The van der Waals surface area contributed by atoms with Gasteiger partial charge in [0.1, 0.15) is 18.5 Å². The van der Waals surface area contributed by atoms with Crippen molar-refractivity contribution in [2.45, 2.75) is 13.0 Å². The third-order valence-electron chi connectivity index (χ3n) is 5.48.